The summed E-state index contributed by atoms with van der Waals surface area (Å²) in [4.78, 5) is 0. The quantitative estimate of drug-likeness (QED) is 0.877. The number of halogens is 1. The molecule has 0 aliphatic carbocycles. The third-order valence-corrected chi connectivity index (χ3v) is 4.75. The number of hydrogen-bond donors (Lipinski definition) is 1. The van der Waals surface area contributed by atoms with Crippen LogP contribution in [0.5, 0.6) is 0 Å². The SMILES string of the molecule is Cc1ccc(F)cc1CC(N)C1CCCS1. The van der Waals surface area contributed by atoms with E-state index in [-0.39, 0.29) is 11.9 Å². The lowest BCUT2D eigenvalue weighted by molar-refractivity contribution is 0.597. The molecule has 1 heterocycles. The van der Waals surface area contributed by atoms with Crippen LogP contribution in [-0.2, 0) is 6.42 Å². The summed E-state index contributed by atoms with van der Waals surface area (Å²) in [7, 11) is 0. The van der Waals surface area contributed by atoms with Crippen LogP contribution in [-0.4, -0.2) is 17.0 Å². The van der Waals surface area contributed by atoms with Crippen molar-refractivity contribution in [1.82, 2.24) is 0 Å². The largest absolute Gasteiger partial charge is 0.326 e. The van der Waals surface area contributed by atoms with Crippen LogP contribution in [0.1, 0.15) is 24.0 Å². The monoisotopic (exact) mass is 239 g/mol. The van der Waals surface area contributed by atoms with Crippen molar-refractivity contribution in [2.75, 3.05) is 5.75 Å². The van der Waals surface area contributed by atoms with Gasteiger partial charge in [0.05, 0.1) is 0 Å². The Bertz CT molecular complexity index is 361. The summed E-state index contributed by atoms with van der Waals surface area (Å²) in [6.07, 6.45) is 3.27. The maximum Gasteiger partial charge on any atom is 0.123 e. The molecule has 0 aromatic heterocycles. The molecule has 2 atom stereocenters. The highest BCUT2D eigenvalue weighted by Crippen LogP contribution is 2.29. The summed E-state index contributed by atoms with van der Waals surface area (Å²) in [5, 5.41) is 0.558. The van der Waals surface area contributed by atoms with E-state index in [1.807, 2.05) is 24.8 Å². The fraction of sp³-hybridized carbons (Fsp3) is 0.538. The van der Waals surface area contributed by atoms with E-state index in [1.54, 1.807) is 6.07 Å². The zero-order valence-electron chi connectivity index (χ0n) is 9.58. The highest BCUT2D eigenvalue weighted by molar-refractivity contribution is 8.00. The molecule has 1 nitrogen and oxygen atoms in total. The molecule has 2 unspecified atom stereocenters. The summed E-state index contributed by atoms with van der Waals surface area (Å²) in [6.45, 7) is 2.02. The predicted octanol–water partition coefficient (Wildman–Crippen LogP) is 2.90. The molecule has 88 valence electrons. The molecule has 1 saturated heterocycles. The lowest BCUT2D eigenvalue weighted by atomic mass is 9.98. The molecule has 1 fully saturated rings. The van der Waals surface area contributed by atoms with Crippen LogP contribution in [0.4, 0.5) is 4.39 Å². The first-order valence-electron chi connectivity index (χ1n) is 5.79. The maximum atomic E-state index is 13.1. The highest BCUT2D eigenvalue weighted by atomic mass is 32.2. The van der Waals surface area contributed by atoms with Gasteiger partial charge < -0.3 is 5.73 Å². The molecule has 1 aromatic rings. The van der Waals surface area contributed by atoms with Crippen molar-refractivity contribution >= 4 is 11.8 Å². The summed E-state index contributed by atoms with van der Waals surface area (Å²) >= 11 is 1.96. The molecule has 2 N–H and O–H groups in total. The first-order valence-corrected chi connectivity index (χ1v) is 6.84. The Morgan fingerprint density at radius 1 is 1.56 bits per heavy atom. The predicted molar refractivity (Wildman–Crippen MR) is 68.3 cm³/mol. The number of aryl methyl sites for hydroxylation is 1. The second kappa shape index (κ2) is 5.19. The van der Waals surface area contributed by atoms with Crippen molar-refractivity contribution < 1.29 is 4.39 Å². The maximum absolute atomic E-state index is 13.1. The Kier molecular flexibility index (Phi) is 3.87. The molecule has 1 aliphatic heterocycles. The van der Waals surface area contributed by atoms with Crippen molar-refractivity contribution in [3.8, 4) is 0 Å². The normalized spacial score (nSPS) is 22.3. The number of thioether (sulfide) groups is 1. The van der Waals surface area contributed by atoms with E-state index in [9.17, 15) is 4.39 Å². The Hall–Kier alpha value is -0.540. The molecule has 1 aromatic carbocycles. The molecule has 0 bridgehead atoms. The first-order chi connectivity index (χ1) is 7.66. The van der Waals surface area contributed by atoms with Gasteiger partial charge in [0.15, 0.2) is 0 Å². The van der Waals surface area contributed by atoms with Gasteiger partial charge in [0.1, 0.15) is 5.82 Å². The van der Waals surface area contributed by atoms with E-state index < -0.39 is 0 Å². The van der Waals surface area contributed by atoms with Crippen LogP contribution in [0, 0.1) is 12.7 Å². The van der Waals surface area contributed by atoms with Gasteiger partial charge in [0, 0.05) is 11.3 Å². The van der Waals surface area contributed by atoms with Gasteiger partial charge >= 0.3 is 0 Å². The first kappa shape index (κ1) is 11.9. The topological polar surface area (TPSA) is 26.0 Å². The van der Waals surface area contributed by atoms with Crippen molar-refractivity contribution in [3.05, 3.63) is 35.1 Å². The second-order valence-electron chi connectivity index (χ2n) is 4.49. The van der Waals surface area contributed by atoms with Crippen LogP contribution in [0.2, 0.25) is 0 Å². The number of hydrogen-bond acceptors (Lipinski definition) is 2. The minimum atomic E-state index is -0.160. The fourth-order valence-electron chi connectivity index (χ4n) is 2.19. The molecular formula is C13H18FNS. The minimum Gasteiger partial charge on any atom is -0.326 e. The van der Waals surface area contributed by atoms with Gasteiger partial charge in [-0.3, -0.25) is 0 Å². The second-order valence-corrected chi connectivity index (χ2v) is 5.84. The Morgan fingerprint density at radius 3 is 3.06 bits per heavy atom. The fourth-order valence-corrected chi connectivity index (χ4v) is 3.50. The van der Waals surface area contributed by atoms with Crippen LogP contribution < -0.4 is 5.73 Å². The molecular weight excluding hydrogens is 221 g/mol. The van der Waals surface area contributed by atoms with Crippen LogP contribution in [0.15, 0.2) is 18.2 Å². The van der Waals surface area contributed by atoms with E-state index >= 15 is 0 Å². The molecule has 1 aliphatic rings. The Balaban J connectivity index is 2.04. The highest BCUT2D eigenvalue weighted by Gasteiger charge is 2.23. The van der Waals surface area contributed by atoms with Gasteiger partial charge in [0.25, 0.3) is 0 Å². The lowest BCUT2D eigenvalue weighted by Gasteiger charge is -2.19. The van der Waals surface area contributed by atoms with Crippen LogP contribution in [0.3, 0.4) is 0 Å². The zero-order valence-corrected chi connectivity index (χ0v) is 10.4. The average molecular weight is 239 g/mol. The minimum absolute atomic E-state index is 0.160. The summed E-state index contributed by atoms with van der Waals surface area (Å²) in [6, 6.07) is 5.12. The number of nitrogens with two attached hydrogens (primary N) is 1. The Labute approximate surface area is 101 Å². The summed E-state index contributed by atoms with van der Waals surface area (Å²) < 4.78 is 13.1. The number of rotatable bonds is 3. The molecule has 0 saturated carbocycles. The van der Waals surface area contributed by atoms with Gasteiger partial charge in [-0.05, 0) is 55.2 Å². The van der Waals surface area contributed by atoms with E-state index in [1.165, 1.54) is 24.7 Å². The van der Waals surface area contributed by atoms with Gasteiger partial charge in [-0.25, -0.2) is 4.39 Å². The third-order valence-electron chi connectivity index (χ3n) is 3.21. The molecule has 2 rings (SSSR count). The van der Waals surface area contributed by atoms with E-state index in [2.05, 4.69) is 0 Å². The van der Waals surface area contributed by atoms with Gasteiger partial charge in [0.2, 0.25) is 0 Å². The Morgan fingerprint density at radius 2 is 2.38 bits per heavy atom. The smallest absolute Gasteiger partial charge is 0.123 e. The van der Waals surface area contributed by atoms with Crippen molar-refractivity contribution in [3.63, 3.8) is 0 Å². The summed E-state index contributed by atoms with van der Waals surface area (Å²) in [5.74, 6) is 1.06. The zero-order chi connectivity index (χ0) is 11.5. The van der Waals surface area contributed by atoms with Gasteiger partial charge in [-0.1, -0.05) is 6.07 Å². The summed E-state index contributed by atoms with van der Waals surface area (Å²) in [5.41, 5.74) is 8.38. The standard InChI is InChI=1S/C13H18FNS/c1-9-4-5-11(14)7-10(9)8-12(15)13-3-2-6-16-13/h4-5,7,12-13H,2-3,6,8,15H2,1H3. The lowest BCUT2D eigenvalue weighted by Crippen LogP contribution is -2.33. The molecule has 0 spiro atoms. The number of benzene rings is 1. The van der Waals surface area contributed by atoms with E-state index in [0.717, 1.165) is 17.5 Å². The van der Waals surface area contributed by atoms with Crippen molar-refractivity contribution in [2.24, 2.45) is 5.73 Å². The molecule has 3 heteroatoms. The van der Waals surface area contributed by atoms with Crippen LogP contribution in [0.25, 0.3) is 0 Å². The van der Waals surface area contributed by atoms with Gasteiger partial charge in [-0.15, -0.1) is 0 Å². The van der Waals surface area contributed by atoms with Crippen molar-refractivity contribution in [2.45, 2.75) is 37.5 Å². The van der Waals surface area contributed by atoms with Crippen LogP contribution >= 0.6 is 11.8 Å². The van der Waals surface area contributed by atoms with Crippen molar-refractivity contribution in [1.29, 1.82) is 0 Å². The molecule has 0 radical (unpaired) electrons. The molecule has 0 amide bonds. The van der Waals surface area contributed by atoms with E-state index in [4.69, 9.17) is 5.73 Å². The molecule has 16 heavy (non-hydrogen) atoms. The third kappa shape index (κ3) is 2.77. The average Bonchev–Trinajstić information content (AvgIpc) is 2.76. The van der Waals surface area contributed by atoms with E-state index in [0.29, 0.717) is 5.25 Å². The van der Waals surface area contributed by atoms with Gasteiger partial charge in [-0.2, -0.15) is 11.8 Å².